The summed E-state index contributed by atoms with van der Waals surface area (Å²) >= 11 is 0. The van der Waals surface area contributed by atoms with Gasteiger partial charge in [-0.3, -0.25) is 9.59 Å². The summed E-state index contributed by atoms with van der Waals surface area (Å²) in [4.78, 5) is 23.7. The Morgan fingerprint density at radius 3 is 1.55 bits per heavy atom. The van der Waals surface area contributed by atoms with Gasteiger partial charge in [-0.05, 0) is 13.8 Å². The molecule has 6 nitrogen and oxygen atoms in total. The molecule has 0 heterocycles. The normalized spacial score (nSPS) is 12.7. The number of carbonyl (C=O) groups excluding carboxylic acids is 2. The maximum absolute atomic E-state index is 11.9. The highest BCUT2D eigenvalue weighted by Crippen LogP contribution is 2.37. The van der Waals surface area contributed by atoms with E-state index in [1.165, 1.54) is 7.11 Å². The number of ether oxygens (including phenoxy) is 3. The second kappa shape index (κ2) is 7.04. The van der Waals surface area contributed by atoms with Crippen LogP contribution in [0.2, 0.25) is 0 Å². The van der Waals surface area contributed by atoms with Crippen LogP contribution in [0.3, 0.4) is 0 Å². The third kappa shape index (κ3) is 4.18. The van der Waals surface area contributed by atoms with Gasteiger partial charge in [-0.15, -0.1) is 0 Å². The Kier molecular flexibility index (Phi) is 6.64. The first-order valence-corrected chi connectivity index (χ1v) is 6.64. The summed E-state index contributed by atoms with van der Waals surface area (Å²) in [6.45, 7) is 9.38. The van der Waals surface area contributed by atoms with Crippen LogP contribution >= 0.6 is 0 Å². The number of hydrogen-bond donors (Lipinski definition) is 1. The number of esters is 2. The summed E-state index contributed by atoms with van der Waals surface area (Å²) in [5.74, 6) is -3.95. The van der Waals surface area contributed by atoms with Gasteiger partial charge in [0.25, 0.3) is 0 Å². The third-order valence-corrected chi connectivity index (χ3v) is 2.91. The van der Waals surface area contributed by atoms with Crippen molar-refractivity contribution in [3.63, 3.8) is 0 Å². The van der Waals surface area contributed by atoms with E-state index in [1.54, 1.807) is 41.5 Å². The van der Waals surface area contributed by atoms with E-state index >= 15 is 0 Å². The summed E-state index contributed by atoms with van der Waals surface area (Å²) in [7, 11) is 1.26. The van der Waals surface area contributed by atoms with Crippen LogP contribution in [0.25, 0.3) is 0 Å². The minimum Gasteiger partial charge on any atom is -0.397 e. The molecule has 0 rings (SSSR count). The molecule has 0 radical (unpaired) electrons. The van der Waals surface area contributed by atoms with Gasteiger partial charge in [-0.2, -0.15) is 0 Å². The Morgan fingerprint density at radius 2 is 1.35 bits per heavy atom. The fourth-order valence-corrected chi connectivity index (χ4v) is 1.25. The molecule has 0 aromatic heterocycles. The van der Waals surface area contributed by atoms with Crippen LogP contribution in [0, 0.1) is 17.3 Å². The summed E-state index contributed by atoms with van der Waals surface area (Å²) in [6.07, 6.45) is 0. The molecule has 20 heavy (non-hydrogen) atoms. The zero-order valence-electron chi connectivity index (χ0n) is 13.4. The molecule has 0 unspecified atom stereocenters. The lowest BCUT2D eigenvalue weighted by molar-refractivity contribution is -0.387. The van der Waals surface area contributed by atoms with Gasteiger partial charge in [-0.1, -0.05) is 27.7 Å². The first-order chi connectivity index (χ1) is 9.03. The Morgan fingerprint density at radius 1 is 1.00 bits per heavy atom. The fraction of sp³-hybridized carbons (Fsp3) is 0.857. The molecular weight excluding hydrogens is 264 g/mol. The number of carbonyl (C=O) groups is 2. The molecular formula is C14H26O6. The number of methoxy groups -OCH3 is 1. The largest absolute Gasteiger partial charge is 0.397 e. The predicted molar refractivity (Wildman–Crippen MR) is 72.5 cm³/mol. The van der Waals surface area contributed by atoms with Crippen molar-refractivity contribution >= 4 is 11.9 Å². The van der Waals surface area contributed by atoms with Crippen LogP contribution in [0.5, 0.6) is 0 Å². The maximum Gasteiger partial charge on any atom is 0.383 e. The molecule has 0 aliphatic heterocycles. The van der Waals surface area contributed by atoms with Gasteiger partial charge in [0.2, 0.25) is 0 Å². The van der Waals surface area contributed by atoms with Crippen molar-refractivity contribution in [2.24, 2.45) is 17.3 Å². The van der Waals surface area contributed by atoms with Gasteiger partial charge in [-0.25, -0.2) is 0 Å². The van der Waals surface area contributed by atoms with Crippen molar-refractivity contribution in [2.75, 3.05) is 13.7 Å². The Hall–Kier alpha value is -1.14. The highest BCUT2D eigenvalue weighted by molar-refractivity contribution is 5.74. The molecule has 0 bridgehead atoms. The number of aliphatic hydroxyl groups is 1. The van der Waals surface area contributed by atoms with Crippen LogP contribution in [0.1, 0.15) is 41.5 Å². The van der Waals surface area contributed by atoms with Crippen molar-refractivity contribution in [3.8, 4) is 0 Å². The first kappa shape index (κ1) is 18.9. The van der Waals surface area contributed by atoms with Gasteiger partial charge < -0.3 is 19.3 Å². The molecule has 0 saturated carbocycles. The fourth-order valence-electron chi connectivity index (χ4n) is 1.25. The van der Waals surface area contributed by atoms with Crippen LogP contribution < -0.4 is 0 Å². The third-order valence-electron chi connectivity index (χ3n) is 2.91. The molecule has 0 amide bonds. The highest BCUT2D eigenvalue weighted by atomic mass is 16.9. The van der Waals surface area contributed by atoms with Crippen molar-refractivity contribution in [1.82, 2.24) is 0 Å². The van der Waals surface area contributed by atoms with E-state index in [1.807, 2.05) is 0 Å². The van der Waals surface area contributed by atoms with Crippen molar-refractivity contribution in [3.05, 3.63) is 0 Å². The van der Waals surface area contributed by atoms with Crippen molar-refractivity contribution < 1.29 is 28.9 Å². The summed E-state index contributed by atoms with van der Waals surface area (Å²) in [5, 5.41) is 9.50. The lowest BCUT2D eigenvalue weighted by Crippen LogP contribution is -2.55. The molecule has 0 fully saturated rings. The van der Waals surface area contributed by atoms with E-state index in [4.69, 9.17) is 14.2 Å². The van der Waals surface area contributed by atoms with Crippen molar-refractivity contribution in [1.29, 1.82) is 0 Å². The number of aliphatic hydroxyl groups excluding tert-OH is 1. The topological polar surface area (TPSA) is 82.1 Å². The Balaban J connectivity index is 5.51. The smallest absolute Gasteiger partial charge is 0.383 e. The van der Waals surface area contributed by atoms with E-state index in [2.05, 4.69) is 0 Å². The molecule has 0 aromatic carbocycles. The maximum atomic E-state index is 11.9. The molecule has 1 N–H and O–H groups in total. The lowest BCUT2D eigenvalue weighted by Gasteiger charge is -2.41. The quantitative estimate of drug-likeness (QED) is 0.567. The SMILES string of the molecule is COC(OC(=O)C(C)C)(OC(=O)C(C)C)C(C)(C)CO. The van der Waals surface area contributed by atoms with Crippen LogP contribution in [-0.2, 0) is 23.8 Å². The lowest BCUT2D eigenvalue weighted by atomic mass is 9.90. The average Bonchev–Trinajstić information content (AvgIpc) is 2.36. The van der Waals surface area contributed by atoms with Crippen LogP contribution in [0.15, 0.2) is 0 Å². The zero-order valence-corrected chi connectivity index (χ0v) is 13.4. The molecule has 6 heteroatoms. The minimum atomic E-state index is -1.95. The summed E-state index contributed by atoms with van der Waals surface area (Å²) < 4.78 is 15.7. The molecule has 0 aliphatic rings. The molecule has 0 atom stereocenters. The van der Waals surface area contributed by atoms with E-state index in [-0.39, 0.29) is 0 Å². The predicted octanol–water partition coefficient (Wildman–Crippen LogP) is 1.70. The van der Waals surface area contributed by atoms with Gasteiger partial charge in [0.1, 0.15) is 0 Å². The number of rotatable bonds is 7. The van der Waals surface area contributed by atoms with Crippen LogP contribution in [0.4, 0.5) is 0 Å². The van der Waals surface area contributed by atoms with E-state index in [0.29, 0.717) is 0 Å². The van der Waals surface area contributed by atoms with Crippen LogP contribution in [-0.4, -0.2) is 36.7 Å². The number of hydrogen-bond acceptors (Lipinski definition) is 6. The second-order valence-corrected chi connectivity index (χ2v) is 5.95. The summed E-state index contributed by atoms with van der Waals surface area (Å²) in [6, 6.07) is 0. The van der Waals surface area contributed by atoms with E-state index in [9.17, 15) is 14.7 Å². The standard InChI is InChI=1S/C14H26O6/c1-9(2)11(16)19-14(18-7,13(5,6)8-15)20-12(17)10(3)4/h9-10,15H,8H2,1-7H3. The molecule has 0 aromatic rings. The van der Waals surface area contributed by atoms with Crippen molar-refractivity contribution in [2.45, 2.75) is 47.5 Å². The van der Waals surface area contributed by atoms with E-state index in [0.717, 1.165) is 0 Å². The monoisotopic (exact) mass is 290 g/mol. The van der Waals surface area contributed by atoms with Gasteiger partial charge in [0.15, 0.2) is 0 Å². The molecule has 0 aliphatic carbocycles. The van der Waals surface area contributed by atoms with Gasteiger partial charge >= 0.3 is 17.9 Å². The Labute approximate surface area is 120 Å². The molecule has 118 valence electrons. The van der Waals surface area contributed by atoms with Gasteiger partial charge in [0.05, 0.1) is 23.9 Å². The Bertz CT molecular complexity index is 324. The average molecular weight is 290 g/mol. The minimum absolute atomic E-state index is 0.391. The highest BCUT2D eigenvalue weighted by Gasteiger charge is 2.54. The zero-order chi connectivity index (χ0) is 16.1. The molecule has 0 saturated heterocycles. The van der Waals surface area contributed by atoms with Gasteiger partial charge in [0, 0.05) is 7.11 Å². The van der Waals surface area contributed by atoms with E-state index < -0.39 is 41.8 Å². The second-order valence-electron chi connectivity index (χ2n) is 5.95. The molecule has 0 spiro atoms. The summed E-state index contributed by atoms with van der Waals surface area (Å²) in [5.41, 5.74) is -1.11. The first-order valence-electron chi connectivity index (χ1n) is 6.64.